The Kier molecular flexibility index (Phi) is 3.98. The molecule has 92 valence electrons. The number of nitriles is 1. The Bertz CT molecular complexity index is 270. The van der Waals surface area contributed by atoms with Gasteiger partial charge in [0.1, 0.15) is 0 Å². The van der Waals surface area contributed by atoms with Gasteiger partial charge in [0, 0.05) is 23.7 Å². The van der Waals surface area contributed by atoms with Crippen molar-refractivity contribution in [3.63, 3.8) is 0 Å². The molecule has 3 heteroatoms. The van der Waals surface area contributed by atoms with Gasteiger partial charge in [-0.3, -0.25) is 4.90 Å². The summed E-state index contributed by atoms with van der Waals surface area (Å²) in [5.74, 6) is 0. The van der Waals surface area contributed by atoms with E-state index in [0.29, 0.717) is 12.5 Å². The first-order valence-corrected chi connectivity index (χ1v) is 6.15. The van der Waals surface area contributed by atoms with E-state index in [1.165, 1.54) is 0 Å². The summed E-state index contributed by atoms with van der Waals surface area (Å²) in [6.07, 6.45) is 1.73. The molecule has 1 aliphatic heterocycles. The van der Waals surface area contributed by atoms with Crippen LogP contribution in [0, 0.1) is 11.3 Å². The van der Waals surface area contributed by atoms with Crippen LogP contribution in [0.4, 0.5) is 0 Å². The average Bonchev–Trinajstić information content (AvgIpc) is 2.24. The molecule has 1 atom stereocenters. The fourth-order valence-electron chi connectivity index (χ4n) is 2.68. The normalized spacial score (nSPS) is 27.1. The van der Waals surface area contributed by atoms with E-state index in [-0.39, 0.29) is 11.1 Å². The molecule has 1 saturated heterocycles. The van der Waals surface area contributed by atoms with E-state index in [4.69, 9.17) is 5.26 Å². The Morgan fingerprint density at radius 1 is 1.44 bits per heavy atom. The van der Waals surface area contributed by atoms with Gasteiger partial charge in [-0.25, -0.2) is 0 Å². The van der Waals surface area contributed by atoms with Gasteiger partial charge in [-0.15, -0.1) is 0 Å². The Morgan fingerprint density at radius 3 is 2.56 bits per heavy atom. The van der Waals surface area contributed by atoms with Crippen LogP contribution in [-0.2, 0) is 0 Å². The zero-order chi connectivity index (χ0) is 12.4. The minimum Gasteiger partial charge on any atom is -0.312 e. The van der Waals surface area contributed by atoms with E-state index in [1.807, 2.05) is 0 Å². The molecule has 1 unspecified atom stereocenters. The fourth-order valence-corrected chi connectivity index (χ4v) is 2.68. The number of nitrogens with zero attached hydrogens (tertiary/aromatic N) is 2. The minimum atomic E-state index is 0.156. The van der Waals surface area contributed by atoms with Gasteiger partial charge >= 0.3 is 0 Å². The summed E-state index contributed by atoms with van der Waals surface area (Å²) in [4.78, 5) is 2.53. The summed E-state index contributed by atoms with van der Waals surface area (Å²) in [5.41, 5.74) is 0.360. The molecular weight excluding hydrogens is 198 g/mol. The summed E-state index contributed by atoms with van der Waals surface area (Å²) in [5, 5.41) is 12.3. The Hall–Kier alpha value is -0.590. The second-order valence-electron chi connectivity index (χ2n) is 6.36. The van der Waals surface area contributed by atoms with Gasteiger partial charge in [-0.1, -0.05) is 0 Å². The molecule has 0 aliphatic carbocycles. The minimum absolute atomic E-state index is 0.156. The molecule has 0 spiro atoms. The average molecular weight is 223 g/mol. The van der Waals surface area contributed by atoms with Crippen LogP contribution in [0.15, 0.2) is 0 Å². The number of nitrogens with one attached hydrogen (secondary N) is 1. The van der Waals surface area contributed by atoms with Gasteiger partial charge in [0.05, 0.1) is 12.5 Å². The number of rotatable bonds is 1. The van der Waals surface area contributed by atoms with Crippen molar-refractivity contribution >= 4 is 0 Å². The first kappa shape index (κ1) is 13.5. The standard InChI is InChI=1S/C13H25N3/c1-12(2,3)16-10-11(6-8-14)15-9-7-13(16,4)5/h11,15H,6-7,9-10H2,1-5H3. The molecule has 1 N–H and O–H groups in total. The van der Waals surface area contributed by atoms with Gasteiger partial charge < -0.3 is 5.32 Å². The Balaban J connectivity index is 2.85. The molecule has 1 fully saturated rings. The van der Waals surface area contributed by atoms with Crippen molar-refractivity contribution in [1.82, 2.24) is 10.2 Å². The third-order valence-electron chi connectivity index (χ3n) is 3.45. The molecule has 1 heterocycles. The zero-order valence-electron chi connectivity index (χ0n) is 11.3. The molecule has 0 saturated carbocycles. The van der Waals surface area contributed by atoms with Crippen molar-refractivity contribution in [3.8, 4) is 6.07 Å². The van der Waals surface area contributed by atoms with Crippen LogP contribution in [0.1, 0.15) is 47.5 Å². The molecule has 0 radical (unpaired) electrons. The van der Waals surface area contributed by atoms with E-state index < -0.39 is 0 Å². The smallest absolute Gasteiger partial charge is 0.0638 e. The second kappa shape index (κ2) is 4.73. The van der Waals surface area contributed by atoms with Crippen LogP contribution in [-0.4, -0.2) is 35.1 Å². The van der Waals surface area contributed by atoms with Crippen LogP contribution >= 0.6 is 0 Å². The molecule has 3 nitrogen and oxygen atoms in total. The maximum atomic E-state index is 8.82. The van der Waals surface area contributed by atoms with E-state index in [2.05, 4.69) is 50.9 Å². The first-order valence-electron chi connectivity index (χ1n) is 6.15. The van der Waals surface area contributed by atoms with Crippen molar-refractivity contribution in [2.45, 2.75) is 64.6 Å². The third-order valence-corrected chi connectivity index (χ3v) is 3.45. The first-order chi connectivity index (χ1) is 7.27. The van der Waals surface area contributed by atoms with Gasteiger partial charge in [0.25, 0.3) is 0 Å². The lowest BCUT2D eigenvalue weighted by Gasteiger charge is -2.46. The van der Waals surface area contributed by atoms with Crippen molar-refractivity contribution < 1.29 is 0 Å². The van der Waals surface area contributed by atoms with Gasteiger partial charge in [-0.05, 0) is 47.6 Å². The molecule has 1 rings (SSSR count). The lowest BCUT2D eigenvalue weighted by Crippen LogP contribution is -2.55. The highest BCUT2D eigenvalue weighted by atomic mass is 15.3. The molecular formula is C13H25N3. The summed E-state index contributed by atoms with van der Waals surface area (Å²) in [6, 6.07) is 2.59. The van der Waals surface area contributed by atoms with Crippen LogP contribution in [0.5, 0.6) is 0 Å². The fraction of sp³-hybridized carbons (Fsp3) is 0.923. The van der Waals surface area contributed by atoms with E-state index in [0.717, 1.165) is 19.5 Å². The van der Waals surface area contributed by atoms with Crippen LogP contribution < -0.4 is 5.32 Å². The highest BCUT2D eigenvalue weighted by Gasteiger charge is 2.37. The van der Waals surface area contributed by atoms with Gasteiger partial charge in [0.2, 0.25) is 0 Å². The largest absolute Gasteiger partial charge is 0.312 e. The summed E-state index contributed by atoms with van der Waals surface area (Å²) in [6.45, 7) is 13.3. The topological polar surface area (TPSA) is 39.1 Å². The van der Waals surface area contributed by atoms with Crippen molar-refractivity contribution in [3.05, 3.63) is 0 Å². The van der Waals surface area contributed by atoms with Gasteiger partial charge in [0.15, 0.2) is 0 Å². The van der Waals surface area contributed by atoms with E-state index in [9.17, 15) is 0 Å². The van der Waals surface area contributed by atoms with Crippen LogP contribution in [0.3, 0.4) is 0 Å². The molecule has 0 bridgehead atoms. The highest BCUT2D eigenvalue weighted by molar-refractivity contribution is 4.97. The third kappa shape index (κ3) is 3.20. The SMILES string of the molecule is CC(C)(C)N1CC(CC#N)NCCC1(C)C. The molecule has 0 aromatic carbocycles. The highest BCUT2D eigenvalue weighted by Crippen LogP contribution is 2.29. The van der Waals surface area contributed by atoms with Crippen molar-refractivity contribution in [2.75, 3.05) is 13.1 Å². The summed E-state index contributed by atoms with van der Waals surface area (Å²) < 4.78 is 0. The summed E-state index contributed by atoms with van der Waals surface area (Å²) >= 11 is 0. The lowest BCUT2D eigenvalue weighted by molar-refractivity contribution is 0.0271. The maximum Gasteiger partial charge on any atom is 0.0638 e. The monoisotopic (exact) mass is 223 g/mol. The molecule has 1 aliphatic rings. The second-order valence-corrected chi connectivity index (χ2v) is 6.36. The maximum absolute atomic E-state index is 8.82. The summed E-state index contributed by atoms with van der Waals surface area (Å²) in [7, 11) is 0. The van der Waals surface area contributed by atoms with Crippen molar-refractivity contribution in [2.24, 2.45) is 0 Å². The van der Waals surface area contributed by atoms with E-state index >= 15 is 0 Å². The molecule has 16 heavy (non-hydrogen) atoms. The predicted molar refractivity (Wildman–Crippen MR) is 67.2 cm³/mol. The Morgan fingerprint density at radius 2 is 2.06 bits per heavy atom. The van der Waals surface area contributed by atoms with E-state index in [1.54, 1.807) is 0 Å². The quantitative estimate of drug-likeness (QED) is 0.740. The number of hydrogen-bond acceptors (Lipinski definition) is 3. The molecule has 0 amide bonds. The Labute approximate surface area is 99.8 Å². The molecule has 0 aromatic rings. The zero-order valence-corrected chi connectivity index (χ0v) is 11.3. The van der Waals surface area contributed by atoms with Gasteiger partial charge in [-0.2, -0.15) is 5.26 Å². The lowest BCUT2D eigenvalue weighted by atomic mass is 9.91. The van der Waals surface area contributed by atoms with Crippen molar-refractivity contribution in [1.29, 1.82) is 5.26 Å². The molecule has 0 aromatic heterocycles. The van der Waals surface area contributed by atoms with Crippen LogP contribution in [0.2, 0.25) is 0 Å². The predicted octanol–water partition coefficient (Wildman–Crippen LogP) is 2.14. The van der Waals surface area contributed by atoms with Crippen LogP contribution in [0.25, 0.3) is 0 Å². The number of hydrogen-bond donors (Lipinski definition) is 1.